The molecule has 0 aliphatic heterocycles. The fraction of sp³-hybridized carbons (Fsp3) is 0.400. The molecule has 34 heavy (non-hydrogen) atoms. The Kier molecular flexibility index (Phi) is 7.84. The smallest absolute Gasteiger partial charge is 0.329 e. The van der Waals surface area contributed by atoms with E-state index in [-0.39, 0.29) is 13.0 Å². The normalized spacial score (nSPS) is 12.4. The SMILES string of the molecule is COCCC(C(=O)OC(C)(C)C)n1cc(OC)c(-c2cc(Cl)ccc2-c2cc(C)no2)cc1=O. The monoisotopic (exact) mass is 488 g/mol. The zero-order valence-corrected chi connectivity index (χ0v) is 20.9. The van der Waals surface area contributed by atoms with Gasteiger partial charge < -0.3 is 18.7 Å². The Hall–Kier alpha value is -3.10. The molecule has 0 saturated carbocycles. The number of carbonyl (C=O) groups is 1. The molecule has 9 heteroatoms. The molecule has 2 heterocycles. The van der Waals surface area contributed by atoms with Crippen LogP contribution < -0.4 is 10.3 Å². The topological polar surface area (TPSA) is 92.8 Å². The standard InChI is InChI=1S/C25H29ClN2O6/c1-15-11-21(34-27-15)17-8-7-16(26)12-18(17)19-13-23(29)28(14-22(19)32-6)20(9-10-31-5)24(30)33-25(2,3)4/h7-8,11-14,20H,9-10H2,1-6H3. The summed E-state index contributed by atoms with van der Waals surface area (Å²) in [6, 6.07) is 7.59. The molecule has 1 unspecified atom stereocenters. The van der Waals surface area contributed by atoms with Gasteiger partial charge in [-0.2, -0.15) is 0 Å². The lowest BCUT2D eigenvalue weighted by atomic mass is 9.97. The summed E-state index contributed by atoms with van der Waals surface area (Å²) in [6.45, 7) is 7.41. The third kappa shape index (κ3) is 5.87. The van der Waals surface area contributed by atoms with Gasteiger partial charge in [-0.15, -0.1) is 0 Å². The van der Waals surface area contributed by atoms with Crippen molar-refractivity contribution in [1.82, 2.24) is 9.72 Å². The highest BCUT2D eigenvalue weighted by Crippen LogP contribution is 2.38. The lowest BCUT2D eigenvalue weighted by molar-refractivity contribution is -0.159. The van der Waals surface area contributed by atoms with E-state index in [4.69, 9.17) is 30.3 Å². The largest absolute Gasteiger partial charge is 0.495 e. The van der Waals surface area contributed by atoms with E-state index in [2.05, 4.69) is 5.16 Å². The third-order valence-electron chi connectivity index (χ3n) is 5.04. The van der Waals surface area contributed by atoms with E-state index < -0.39 is 23.2 Å². The predicted octanol–water partition coefficient (Wildman–Crippen LogP) is 5.06. The second kappa shape index (κ2) is 10.4. The van der Waals surface area contributed by atoms with Gasteiger partial charge in [-0.05, 0) is 51.5 Å². The quantitative estimate of drug-likeness (QED) is 0.409. The van der Waals surface area contributed by atoms with Gasteiger partial charge in [-0.3, -0.25) is 9.36 Å². The van der Waals surface area contributed by atoms with Crippen molar-refractivity contribution in [3.05, 3.63) is 57.6 Å². The summed E-state index contributed by atoms with van der Waals surface area (Å²) < 4.78 is 23.1. The lowest BCUT2D eigenvalue weighted by Gasteiger charge is -2.25. The zero-order chi connectivity index (χ0) is 25.0. The van der Waals surface area contributed by atoms with Gasteiger partial charge >= 0.3 is 5.97 Å². The molecule has 0 radical (unpaired) electrons. The van der Waals surface area contributed by atoms with Crippen molar-refractivity contribution in [2.45, 2.75) is 45.8 Å². The molecular formula is C25H29ClN2O6. The minimum Gasteiger partial charge on any atom is -0.495 e. The van der Waals surface area contributed by atoms with Gasteiger partial charge in [0.2, 0.25) is 0 Å². The first-order chi connectivity index (χ1) is 16.0. The molecule has 0 aliphatic rings. The number of aromatic nitrogens is 2. The minimum atomic E-state index is -0.884. The maximum absolute atomic E-state index is 13.3. The first-order valence-electron chi connectivity index (χ1n) is 10.8. The molecule has 1 aromatic carbocycles. The number of pyridine rings is 1. The van der Waals surface area contributed by atoms with Crippen LogP contribution in [-0.4, -0.2) is 42.1 Å². The maximum atomic E-state index is 13.3. The molecule has 3 rings (SSSR count). The molecule has 0 N–H and O–H groups in total. The number of ether oxygens (including phenoxy) is 3. The van der Waals surface area contributed by atoms with Crippen LogP contribution in [0.25, 0.3) is 22.5 Å². The average molecular weight is 489 g/mol. The van der Waals surface area contributed by atoms with Crippen LogP contribution in [0.4, 0.5) is 0 Å². The molecule has 2 aromatic heterocycles. The Morgan fingerprint density at radius 3 is 2.47 bits per heavy atom. The van der Waals surface area contributed by atoms with Crippen LogP contribution in [-0.2, 0) is 14.3 Å². The minimum absolute atomic E-state index is 0.258. The van der Waals surface area contributed by atoms with Gasteiger partial charge in [0.1, 0.15) is 17.4 Å². The molecule has 0 spiro atoms. The number of esters is 1. The Morgan fingerprint density at radius 2 is 1.88 bits per heavy atom. The molecule has 182 valence electrons. The second-order valence-electron chi connectivity index (χ2n) is 8.85. The van der Waals surface area contributed by atoms with Gasteiger partial charge in [0.25, 0.3) is 5.56 Å². The third-order valence-corrected chi connectivity index (χ3v) is 5.27. The molecule has 0 bridgehead atoms. The van der Waals surface area contributed by atoms with Gasteiger partial charge in [-0.1, -0.05) is 16.8 Å². The number of nitrogens with zero attached hydrogens (tertiary/aromatic N) is 2. The molecule has 0 amide bonds. The van der Waals surface area contributed by atoms with E-state index in [9.17, 15) is 9.59 Å². The van der Waals surface area contributed by atoms with Crippen molar-refractivity contribution < 1.29 is 23.5 Å². The summed E-state index contributed by atoms with van der Waals surface area (Å²) in [6.07, 6.45) is 1.77. The lowest BCUT2D eigenvalue weighted by Crippen LogP contribution is -2.35. The average Bonchev–Trinajstić information content (AvgIpc) is 3.19. The summed E-state index contributed by atoms with van der Waals surface area (Å²) in [5.41, 5.74) is 1.45. The Morgan fingerprint density at radius 1 is 1.15 bits per heavy atom. The van der Waals surface area contributed by atoms with Crippen LogP contribution in [0, 0.1) is 6.92 Å². The Labute approximate surface area is 203 Å². The van der Waals surface area contributed by atoms with Crippen LogP contribution >= 0.6 is 11.6 Å². The van der Waals surface area contributed by atoms with Crippen molar-refractivity contribution in [3.63, 3.8) is 0 Å². The number of hydrogen-bond donors (Lipinski definition) is 0. The summed E-state index contributed by atoms with van der Waals surface area (Å²) in [5.74, 6) is 0.384. The van der Waals surface area contributed by atoms with Crippen molar-refractivity contribution in [3.8, 4) is 28.2 Å². The number of rotatable bonds is 8. The number of halogens is 1. The summed E-state index contributed by atoms with van der Waals surface area (Å²) in [5, 5.41) is 4.44. The number of hydrogen-bond acceptors (Lipinski definition) is 7. The van der Waals surface area contributed by atoms with Crippen LogP contribution in [0.3, 0.4) is 0 Å². The molecular weight excluding hydrogens is 460 g/mol. The van der Waals surface area contributed by atoms with Gasteiger partial charge in [0.15, 0.2) is 5.76 Å². The van der Waals surface area contributed by atoms with Crippen molar-refractivity contribution in [1.29, 1.82) is 0 Å². The number of aryl methyl sites for hydroxylation is 1. The zero-order valence-electron chi connectivity index (χ0n) is 20.2. The highest BCUT2D eigenvalue weighted by atomic mass is 35.5. The predicted molar refractivity (Wildman–Crippen MR) is 129 cm³/mol. The fourth-order valence-corrected chi connectivity index (χ4v) is 3.73. The molecule has 3 aromatic rings. The molecule has 1 atom stereocenters. The van der Waals surface area contributed by atoms with Crippen LogP contribution in [0.1, 0.15) is 38.9 Å². The Balaban J connectivity index is 2.15. The highest BCUT2D eigenvalue weighted by Gasteiger charge is 2.28. The van der Waals surface area contributed by atoms with E-state index >= 15 is 0 Å². The maximum Gasteiger partial charge on any atom is 0.329 e. The summed E-state index contributed by atoms with van der Waals surface area (Å²) >= 11 is 6.29. The van der Waals surface area contributed by atoms with Crippen molar-refractivity contribution in [2.24, 2.45) is 0 Å². The van der Waals surface area contributed by atoms with E-state index in [0.29, 0.717) is 33.2 Å². The van der Waals surface area contributed by atoms with Crippen LogP contribution in [0.15, 0.2) is 45.8 Å². The van der Waals surface area contributed by atoms with Gasteiger partial charge in [-0.25, -0.2) is 4.79 Å². The first kappa shape index (κ1) is 25.5. The summed E-state index contributed by atoms with van der Waals surface area (Å²) in [7, 11) is 3.03. The van der Waals surface area contributed by atoms with Gasteiger partial charge in [0, 0.05) is 48.4 Å². The highest BCUT2D eigenvalue weighted by molar-refractivity contribution is 6.31. The number of carbonyl (C=O) groups excluding carboxylic acids is 1. The van der Waals surface area contributed by atoms with Crippen molar-refractivity contribution >= 4 is 17.6 Å². The number of benzene rings is 1. The van der Waals surface area contributed by atoms with E-state index in [1.165, 1.54) is 31.0 Å². The molecule has 0 fully saturated rings. The van der Waals surface area contributed by atoms with Crippen LogP contribution in [0.5, 0.6) is 5.75 Å². The molecule has 8 nitrogen and oxygen atoms in total. The summed E-state index contributed by atoms with van der Waals surface area (Å²) in [4.78, 5) is 26.2. The fourth-order valence-electron chi connectivity index (χ4n) is 3.56. The van der Waals surface area contributed by atoms with E-state index in [1.807, 2.05) is 6.92 Å². The van der Waals surface area contributed by atoms with Gasteiger partial charge in [0.05, 0.1) is 19.0 Å². The Bertz CT molecular complexity index is 1220. The van der Waals surface area contributed by atoms with Crippen LogP contribution in [0.2, 0.25) is 5.02 Å². The molecule has 0 saturated heterocycles. The van der Waals surface area contributed by atoms with E-state index in [1.54, 1.807) is 45.0 Å². The van der Waals surface area contributed by atoms with Crippen molar-refractivity contribution in [2.75, 3.05) is 20.8 Å². The second-order valence-corrected chi connectivity index (χ2v) is 9.29. The van der Waals surface area contributed by atoms with E-state index in [0.717, 1.165) is 5.69 Å². The molecule has 0 aliphatic carbocycles. The first-order valence-corrected chi connectivity index (χ1v) is 11.2. The number of methoxy groups -OCH3 is 2.